The molecule has 1 aromatic heterocycles. The van der Waals surface area contributed by atoms with Gasteiger partial charge in [0.25, 0.3) is 5.91 Å². The Morgan fingerprint density at radius 3 is 2.53 bits per heavy atom. The summed E-state index contributed by atoms with van der Waals surface area (Å²) in [6, 6.07) is 7.66. The van der Waals surface area contributed by atoms with Crippen molar-refractivity contribution in [2.45, 2.75) is 32.9 Å². The molecule has 1 fully saturated rings. The van der Waals surface area contributed by atoms with Gasteiger partial charge in [0.15, 0.2) is 5.96 Å². The van der Waals surface area contributed by atoms with E-state index in [9.17, 15) is 9.59 Å². The summed E-state index contributed by atoms with van der Waals surface area (Å²) in [7, 11) is 3.54. The number of carbonyl (C=O) groups excluding carboxylic acids is 2. The minimum Gasteiger partial charge on any atom is -0.352 e. The second-order valence-electron chi connectivity index (χ2n) is 7.72. The third-order valence-corrected chi connectivity index (χ3v) is 5.39. The Bertz CT molecular complexity index is 942. The molecule has 0 bridgehead atoms. The van der Waals surface area contributed by atoms with Crippen LogP contribution in [-0.4, -0.2) is 65.2 Å². The number of benzene rings is 1. The molecular formula is C22H32IN7O2. The third-order valence-electron chi connectivity index (χ3n) is 5.39. The van der Waals surface area contributed by atoms with Gasteiger partial charge in [-0.25, -0.2) is 0 Å². The number of aromatic nitrogens is 2. The molecule has 2 aromatic rings. The van der Waals surface area contributed by atoms with E-state index in [1.807, 2.05) is 56.3 Å². The molecule has 0 spiro atoms. The molecule has 1 unspecified atom stereocenters. The number of carbonyl (C=O) groups is 2. The number of aliphatic imine (C=N–C) groups is 1. The molecule has 0 saturated carbocycles. The lowest BCUT2D eigenvalue weighted by Crippen LogP contribution is -2.55. The molecule has 1 aliphatic heterocycles. The number of amides is 2. The molecule has 174 valence electrons. The molecule has 2 N–H and O–H groups in total. The van der Waals surface area contributed by atoms with Crippen molar-refractivity contribution < 1.29 is 9.59 Å². The summed E-state index contributed by atoms with van der Waals surface area (Å²) in [6.07, 6.45) is 4.44. The first-order chi connectivity index (χ1) is 14.9. The number of halogens is 1. The van der Waals surface area contributed by atoms with E-state index >= 15 is 0 Å². The average molecular weight is 553 g/mol. The molecule has 1 aliphatic rings. The maximum Gasteiger partial charge on any atom is 0.251 e. The van der Waals surface area contributed by atoms with E-state index < -0.39 is 0 Å². The molecule has 3 rings (SSSR count). The van der Waals surface area contributed by atoms with Crippen LogP contribution in [0.3, 0.4) is 0 Å². The average Bonchev–Trinajstić information content (AvgIpc) is 3.20. The van der Waals surface area contributed by atoms with E-state index in [4.69, 9.17) is 0 Å². The standard InChI is InChI=1S/C22H31N7O2.HI/c1-5-16(2)26-21(31)18-8-6-17(7-9-18)12-24-22(23-3)28-10-11-29(20(30)15-28)19-13-25-27(4)14-19;/h6-9,13-14,16H,5,10-12,15H2,1-4H3,(H,23,24)(H,26,31);1H. The lowest BCUT2D eigenvalue weighted by molar-refractivity contribution is -0.120. The number of hydrogen-bond donors (Lipinski definition) is 2. The smallest absolute Gasteiger partial charge is 0.251 e. The molecule has 32 heavy (non-hydrogen) atoms. The van der Waals surface area contributed by atoms with Crippen LogP contribution in [0.25, 0.3) is 0 Å². The van der Waals surface area contributed by atoms with E-state index in [0.717, 1.165) is 17.7 Å². The van der Waals surface area contributed by atoms with Crippen LogP contribution < -0.4 is 15.5 Å². The number of nitrogens with zero attached hydrogens (tertiary/aromatic N) is 5. The maximum absolute atomic E-state index is 12.6. The van der Waals surface area contributed by atoms with Crippen LogP contribution in [0.2, 0.25) is 0 Å². The van der Waals surface area contributed by atoms with E-state index in [1.54, 1.807) is 22.8 Å². The van der Waals surface area contributed by atoms with Crippen molar-refractivity contribution in [3.05, 3.63) is 47.8 Å². The lowest BCUT2D eigenvalue weighted by Gasteiger charge is -2.35. The largest absolute Gasteiger partial charge is 0.352 e. The van der Waals surface area contributed by atoms with Gasteiger partial charge < -0.3 is 20.4 Å². The van der Waals surface area contributed by atoms with Crippen LogP contribution in [-0.2, 0) is 18.4 Å². The second-order valence-corrected chi connectivity index (χ2v) is 7.72. The highest BCUT2D eigenvalue weighted by Gasteiger charge is 2.27. The van der Waals surface area contributed by atoms with Crippen LogP contribution in [0.5, 0.6) is 0 Å². The molecule has 2 heterocycles. The van der Waals surface area contributed by atoms with Crippen molar-refractivity contribution in [3.63, 3.8) is 0 Å². The summed E-state index contributed by atoms with van der Waals surface area (Å²) in [4.78, 5) is 32.9. The van der Waals surface area contributed by atoms with Gasteiger partial charge >= 0.3 is 0 Å². The summed E-state index contributed by atoms with van der Waals surface area (Å²) in [5.74, 6) is 0.631. The van der Waals surface area contributed by atoms with Crippen LogP contribution in [0.1, 0.15) is 36.2 Å². The summed E-state index contributed by atoms with van der Waals surface area (Å²) in [5, 5.41) is 10.4. The van der Waals surface area contributed by atoms with E-state index in [-0.39, 0.29) is 48.4 Å². The van der Waals surface area contributed by atoms with Crippen LogP contribution in [0.15, 0.2) is 41.7 Å². The zero-order valence-electron chi connectivity index (χ0n) is 19.0. The number of aryl methyl sites for hydroxylation is 1. The van der Waals surface area contributed by atoms with Gasteiger partial charge in [-0.3, -0.25) is 19.3 Å². The number of piperazine rings is 1. The Morgan fingerprint density at radius 2 is 1.97 bits per heavy atom. The minimum absolute atomic E-state index is 0. The molecule has 0 radical (unpaired) electrons. The predicted octanol–water partition coefficient (Wildman–Crippen LogP) is 1.99. The zero-order chi connectivity index (χ0) is 22.4. The van der Waals surface area contributed by atoms with Crippen molar-refractivity contribution in [2.75, 3.05) is 31.6 Å². The van der Waals surface area contributed by atoms with Gasteiger partial charge in [0.05, 0.1) is 11.9 Å². The number of guanidine groups is 1. The van der Waals surface area contributed by atoms with Gasteiger partial charge in [-0.05, 0) is 31.0 Å². The molecule has 10 heteroatoms. The number of hydrogen-bond acceptors (Lipinski definition) is 4. The van der Waals surface area contributed by atoms with E-state index in [1.165, 1.54) is 0 Å². The Hall–Kier alpha value is -2.63. The van der Waals surface area contributed by atoms with Crippen molar-refractivity contribution >= 4 is 47.4 Å². The van der Waals surface area contributed by atoms with Gasteiger partial charge in [0.1, 0.15) is 6.54 Å². The van der Waals surface area contributed by atoms with Crippen LogP contribution >= 0.6 is 24.0 Å². The van der Waals surface area contributed by atoms with Crippen molar-refractivity contribution in [3.8, 4) is 0 Å². The van der Waals surface area contributed by atoms with Crippen LogP contribution in [0, 0.1) is 0 Å². The van der Waals surface area contributed by atoms with Gasteiger partial charge in [-0.15, -0.1) is 24.0 Å². The summed E-state index contributed by atoms with van der Waals surface area (Å²) < 4.78 is 1.69. The number of nitrogens with one attached hydrogen (secondary N) is 2. The minimum atomic E-state index is -0.0605. The highest BCUT2D eigenvalue weighted by atomic mass is 127. The Labute approximate surface area is 206 Å². The molecule has 1 aromatic carbocycles. The first-order valence-corrected chi connectivity index (χ1v) is 10.6. The zero-order valence-corrected chi connectivity index (χ0v) is 21.4. The van der Waals surface area contributed by atoms with Gasteiger partial charge in [0, 0.05) is 51.5 Å². The quantitative estimate of drug-likeness (QED) is 0.324. The third kappa shape index (κ3) is 6.44. The normalized spacial score (nSPS) is 15.2. The Balaban J connectivity index is 0.00000363. The SMILES string of the molecule is CCC(C)NC(=O)c1ccc(CNC(=NC)N2CCN(c3cnn(C)c3)C(=O)C2)cc1.I. The predicted molar refractivity (Wildman–Crippen MR) is 136 cm³/mol. The molecule has 1 saturated heterocycles. The first kappa shape index (κ1) is 25.6. The maximum atomic E-state index is 12.6. The summed E-state index contributed by atoms with van der Waals surface area (Å²) >= 11 is 0. The fourth-order valence-electron chi connectivity index (χ4n) is 3.37. The topological polar surface area (TPSA) is 94.9 Å². The fraction of sp³-hybridized carbons (Fsp3) is 0.455. The molecule has 0 aliphatic carbocycles. The van der Waals surface area contributed by atoms with Gasteiger partial charge in [-0.1, -0.05) is 19.1 Å². The first-order valence-electron chi connectivity index (χ1n) is 10.6. The molecule has 9 nitrogen and oxygen atoms in total. The van der Waals surface area contributed by atoms with Gasteiger partial charge in [-0.2, -0.15) is 5.10 Å². The summed E-state index contributed by atoms with van der Waals surface area (Å²) in [5.41, 5.74) is 2.49. The highest BCUT2D eigenvalue weighted by Crippen LogP contribution is 2.16. The molecular weight excluding hydrogens is 521 g/mol. The van der Waals surface area contributed by atoms with E-state index in [2.05, 4.69) is 20.7 Å². The van der Waals surface area contributed by atoms with Crippen LogP contribution in [0.4, 0.5) is 5.69 Å². The number of anilines is 1. The fourth-order valence-corrected chi connectivity index (χ4v) is 3.37. The Kier molecular flexibility index (Phi) is 9.48. The van der Waals surface area contributed by atoms with Gasteiger partial charge in [0.2, 0.25) is 5.91 Å². The lowest BCUT2D eigenvalue weighted by atomic mass is 10.1. The molecule has 2 amide bonds. The number of rotatable bonds is 6. The second kappa shape index (κ2) is 11.8. The monoisotopic (exact) mass is 553 g/mol. The Morgan fingerprint density at radius 1 is 1.25 bits per heavy atom. The molecule has 1 atom stereocenters. The van der Waals surface area contributed by atoms with Crippen molar-refractivity contribution in [1.82, 2.24) is 25.3 Å². The van der Waals surface area contributed by atoms with Crippen molar-refractivity contribution in [1.29, 1.82) is 0 Å². The van der Waals surface area contributed by atoms with Crippen molar-refractivity contribution in [2.24, 2.45) is 12.0 Å². The highest BCUT2D eigenvalue weighted by molar-refractivity contribution is 14.0. The summed E-state index contributed by atoms with van der Waals surface area (Å²) in [6.45, 7) is 6.09. The van der Waals surface area contributed by atoms with E-state index in [0.29, 0.717) is 31.2 Å².